The number of rotatable bonds is 11. The third-order valence-corrected chi connectivity index (χ3v) is 7.72. The molecule has 4 aromatic carbocycles. The Kier molecular flexibility index (Phi) is 12.0. The van der Waals surface area contributed by atoms with E-state index < -0.39 is 17.5 Å². The van der Waals surface area contributed by atoms with E-state index in [2.05, 4.69) is 16.0 Å². The predicted octanol–water partition coefficient (Wildman–Crippen LogP) is 8.41. The molecular weight excluding hydrogens is 692 g/mol. The molecule has 0 fully saturated rings. The molecule has 0 atom stereocenters. The number of thioether (sulfide) groups is 1. The van der Waals surface area contributed by atoms with Gasteiger partial charge in [-0.3, -0.25) is 14.2 Å². The van der Waals surface area contributed by atoms with Crippen molar-refractivity contribution in [2.45, 2.75) is 23.6 Å². The minimum absolute atomic E-state index is 0. The van der Waals surface area contributed by atoms with Gasteiger partial charge in [0.2, 0.25) is 0 Å². The van der Waals surface area contributed by atoms with E-state index in [4.69, 9.17) is 21.4 Å². The van der Waals surface area contributed by atoms with E-state index in [1.54, 1.807) is 78.9 Å². The van der Waals surface area contributed by atoms with Crippen LogP contribution in [0, 0.1) is 0 Å². The van der Waals surface area contributed by atoms with E-state index in [0.717, 1.165) is 0 Å². The molecule has 0 aliphatic heterocycles. The van der Waals surface area contributed by atoms with Crippen molar-refractivity contribution in [2.24, 2.45) is 0 Å². The van der Waals surface area contributed by atoms with Gasteiger partial charge in [0.25, 0.3) is 5.91 Å². The number of carbonyl (C=O) groups excluding carboxylic acids is 2. The zero-order valence-electron chi connectivity index (χ0n) is 24.7. The number of hydrogen-bond acceptors (Lipinski definition) is 6. The van der Waals surface area contributed by atoms with Gasteiger partial charge in [-0.1, -0.05) is 41.9 Å². The van der Waals surface area contributed by atoms with Crippen LogP contribution in [0.5, 0.6) is 5.75 Å². The van der Waals surface area contributed by atoms with Crippen LogP contribution in [-0.2, 0) is 17.9 Å². The van der Waals surface area contributed by atoms with Gasteiger partial charge in [-0.05, 0) is 83.6 Å². The number of carboxylic acids is 1. The Morgan fingerprint density at radius 1 is 0.917 bits per heavy atom. The molecule has 48 heavy (non-hydrogen) atoms. The van der Waals surface area contributed by atoms with Crippen LogP contribution in [0.1, 0.15) is 21.5 Å². The number of carboxylic acid groups (broad SMARTS) is 1. The summed E-state index contributed by atoms with van der Waals surface area (Å²) in [6.45, 7) is 0.0321. The predicted molar refractivity (Wildman–Crippen MR) is 181 cm³/mol. The van der Waals surface area contributed by atoms with Crippen LogP contribution in [0.3, 0.4) is 0 Å². The van der Waals surface area contributed by atoms with Crippen molar-refractivity contribution in [3.8, 4) is 5.75 Å². The van der Waals surface area contributed by atoms with Crippen molar-refractivity contribution in [3.63, 3.8) is 0 Å². The van der Waals surface area contributed by atoms with Gasteiger partial charge < -0.3 is 25.8 Å². The van der Waals surface area contributed by atoms with E-state index in [1.807, 2.05) is 0 Å². The number of ether oxygens (including phenoxy) is 1. The summed E-state index contributed by atoms with van der Waals surface area (Å²) in [6.07, 6.45) is 1.50. The van der Waals surface area contributed by atoms with E-state index in [0.29, 0.717) is 49.7 Å². The fourth-order valence-electron chi connectivity index (χ4n) is 4.66. The third kappa shape index (κ3) is 9.67. The smallest absolute Gasteiger partial charge is 0.446 e. The van der Waals surface area contributed by atoms with Crippen molar-refractivity contribution in [2.75, 3.05) is 17.2 Å². The van der Waals surface area contributed by atoms with Crippen molar-refractivity contribution < 1.29 is 37.4 Å². The number of carbonyl (C=O) groups is 3. The summed E-state index contributed by atoms with van der Waals surface area (Å²) in [6, 6.07) is 23.6. The van der Waals surface area contributed by atoms with Gasteiger partial charge in [-0.15, -0.1) is 12.4 Å². The van der Waals surface area contributed by atoms with Crippen LogP contribution in [0.15, 0.2) is 102 Å². The number of fused-ring (bicyclic) bond motifs is 1. The number of alkyl halides is 3. The van der Waals surface area contributed by atoms with Gasteiger partial charge in [-0.25, -0.2) is 4.79 Å². The molecule has 0 aliphatic carbocycles. The molecule has 0 unspecified atom stereocenters. The summed E-state index contributed by atoms with van der Waals surface area (Å²) in [5.74, 6) is -0.918. The van der Waals surface area contributed by atoms with Crippen molar-refractivity contribution in [1.29, 1.82) is 0 Å². The molecule has 0 saturated carbocycles. The number of nitrogens with zero attached hydrogens (tertiary/aromatic N) is 1. The molecule has 5 aromatic rings. The normalized spacial score (nSPS) is 11.1. The number of nitrogens with one attached hydrogen (secondary N) is 3. The summed E-state index contributed by atoms with van der Waals surface area (Å²) in [5, 5.41) is 18.1. The first-order chi connectivity index (χ1) is 22.4. The minimum atomic E-state index is -4.35. The highest BCUT2D eigenvalue weighted by atomic mass is 35.5. The Balaban J connectivity index is 0.00000520. The molecule has 250 valence electrons. The van der Waals surface area contributed by atoms with Gasteiger partial charge in [0.15, 0.2) is 0 Å². The van der Waals surface area contributed by atoms with Crippen LogP contribution in [0.4, 0.5) is 29.3 Å². The monoisotopic (exact) mass is 718 g/mol. The molecule has 5 rings (SSSR count). The molecular formula is C33H27Cl2F3N4O5S. The first-order valence-electron chi connectivity index (χ1n) is 14.0. The summed E-state index contributed by atoms with van der Waals surface area (Å²) in [4.78, 5) is 37.7. The number of hydrogen-bond donors (Lipinski definition) is 4. The first kappa shape index (κ1) is 36.2. The lowest BCUT2D eigenvalue weighted by atomic mass is 10.1. The molecule has 1 heterocycles. The molecule has 0 bridgehead atoms. The number of aromatic nitrogens is 1. The standard InChI is InChI=1S/C33H26ClF3N4O5S.ClH/c34-22-7-14-29-27(15-22)28(18-41(29)31(44)26-4-2-1-3-21(26)16-38-17-30(42)43)40-32(45)39-23-8-10-24(11-9-23)46-19-20-5-12-25(13-6-20)47-33(35,36)37;/h1-15,18,38H,16-17,19H2,(H,42,43)(H2,39,40,45);1H. The fraction of sp³-hybridized carbons (Fsp3) is 0.121. The van der Waals surface area contributed by atoms with Crippen LogP contribution in [0.2, 0.25) is 5.02 Å². The molecule has 0 aliphatic rings. The van der Waals surface area contributed by atoms with E-state index in [1.165, 1.54) is 22.9 Å². The van der Waals surface area contributed by atoms with Crippen LogP contribution >= 0.6 is 35.8 Å². The molecule has 4 N–H and O–H groups in total. The number of halogens is 5. The molecule has 0 radical (unpaired) electrons. The third-order valence-electron chi connectivity index (χ3n) is 6.75. The number of aliphatic carboxylic acids is 1. The maximum Gasteiger partial charge on any atom is 0.446 e. The second kappa shape index (κ2) is 15.9. The Bertz CT molecular complexity index is 1920. The first-order valence-corrected chi connectivity index (χ1v) is 15.2. The number of amides is 2. The molecule has 0 spiro atoms. The maximum absolute atomic E-state index is 13.7. The molecule has 15 heteroatoms. The number of urea groups is 1. The second-order valence-corrected chi connectivity index (χ2v) is 11.7. The van der Waals surface area contributed by atoms with Gasteiger partial charge in [0, 0.05) is 39.3 Å². The zero-order valence-corrected chi connectivity index (χ0v) is 27.1. The summed E-state index contributed by atoms with van der Waals surface area (Å²) >= 11 is 6.06. The maximum atomic E-state index is 13.7. The molecule has 1 aromatic heterocycles. The highest BCUT2D eigenvalue weighted by Crippen LogP contribution is 2.37. The Labute approximate surface area is 287 Å². The topological polar surface area (TPSA) is 122 Å². The van der Waals surface area contributed by atoms with E-state index >= 15 is 0 Å². The Morgan fingerprint density at radius 2 is 1.62 bits per heavy atom. The summed E-state index contributed by atoms with van der Waals surface area (Å²) in [5.41, 5.74) is -1.43. The Hall–Kier alpha value is -4.69. The van der Waals surface area contributed by atoms with Crippen LogP contribution in [0.25, 0.3) is 10.9 Å². The van der Waals surface area contributed by atoms with Crippen LogP contribution in [-0.4, -0.2) is 39.6 Å². The second-order valence-electron chi connectivity index (χ2n) is 10.1. The lowest BCUT2D eigenvalue weighted by Crippen LogP contribution is -2.23. The van der Waals surface area contributed by atoms with Crippen LogP contribution < -0.4 is 20.7 Å². The SMILES string of the molecule is Cl.O=C(O)CNCc1ccccc1C(=O)n1cc(NC(=O)Nc2ccc(OCc3ccc(SC(F)(F)F)cc3)cc2)c2cc(Cl)ccc21. The van der Waals surface area contributed by atoms with Gasteiger partial charge in [0.1, 0.15) is 12.4 Å². The Morgan fingerprint density at radius 3 is 2.31 bits per heavy atom. The lowest BCUT2D eigenvalue weighted by Gasteiger charge is -2.10. The summed E-state index contributed by atoms with van der Waals surface area (Å²) in [7, 11) is 0. The van der Waals surface area contributed by atoms with E-state index in [9.17, 15) is 27.6 Å². The lowest BCUT2D eigenvalue weighted by molar-refractivity contribution is -0.136. The quantitative estimate of drug-likeness (QED) is 0.101. The average molecular weight is 720 g/mol. The summed E-state index contributed by atoms with van der Waals surface area (Å²) < 4.78 is 44.7. The zero-order chi connectivity index (χ0) is 33.6. The van der Waals surface area contributed by atoms with Crippen molar-refractivity contribution in [3.05, 3.63) is 119 Å². The average Bonchev–Trinajstić information content (AvgIpc) is 3.37. The van der Waals surface area contributed by atoms with E-state index in [-0.39, 0.29) is 54.7 Å². The molecule has 9 nitrogen and oxygen atoms in total. The highest BCUT2D eigenvalue weighted by Gasteiger charge is 2.29. The number of anilines is 2. The van der Waals surface area contributed by atoms with Gasteiger partial charge in [-0.2, -0.15) is 13.2 Å². The highest BCUT2D eigenvalue weighted by molar-refractivity contribution is 8.00. The molecule has 0 saturated heterocycles. The van der Waals surface area contributed by atoms with Gasteiger partial charge in [0.05, 0.1) is 17.7 Å². The van der Waals surface area contributed by atoms with Gasteiger partial charge >= 0.3 is 17.5 Å². The van der Waals surface area contributed by atoms with Crippen molar-refractivity contribution in [1.82, 2.24) is 9.88 Å². The number of benzene rings is 4. The fourth-order valence-corrected chi connectivity index (χ4v) is 5.37. The molecule has 2 amide bonds. The largest absolute Gasteiger partial charge is 0.489 e. The minimum Gasteiger partial charge on any atom is -0.489 e. The van der Waals surface area contributed by atoms with Crippen molar-refractivity contribution >= 4 is 76.0 Å².